The highest BCUT2D eigenvalue weighted by Gasteiger charge is 2.15. The van der Waals surface area contributed by atoms with E-state index in [1.54, 1.807) is 15.8 Å². The molecule has 2 rings (SSSR count). The molecule has 0 saturated carbocycles. The Bertz CT molecular complexity index is 569. The van der Waals surface area contributed by atoms with Crippen molar-refractivity contribution in [3.63, 3.8) is 0 Å². The van der Waals surface area contributed by atoms with E-state index in [0.717, 1.165) is 9.21 Å². The summed E-state index contributed by atoms with van der Waals surface area (Å²) in [5.74, 6) is 0. The van der Waals surface area contributed by atoms with Crippen LogP contribution >= 0.6 is 22.9 Å². The first kappa shape index (κ1) is 15.9. The van der Waals surface area contributed by atoms with Crippen LogP contribution in [-0.2, 0) is 13.1 Å². The molecule has 114 valence electrons. The number of halogens is 1. The number of thiophene rings is 1. The lowest BCUT2D eigenvalue weighted by atomic mass is 10.3. The van der Waals surface area contributed by atoms with Crippen LogP contribution < -0.4 is 5.32 Å². The predicted molar refractivity (Wildman–Crippen MR) is 85.6 cm³/mol. The van der Waals surface area contributed by atoms with E-state index in [4.69, 9.17) is 11.6 Å². The molecule has 0 aliphatic carbocycles. The van der Waals surface area contributed by atoms with Gasteiger partial charge < -0.3 is 10.2 Å². The summed E-state index contributed by atoms with van der Waals surface area (Å²) in [6, 6.07) is 5.62. The molecule has 0 saturated heterocycles. The maximum Gasteiger partial charge on any atom is 0.317 e. The molecule has 1 atom stereocenters. The van der Waals surface area contributed by atoms with Crippen molar-refractivity contribution >= 4 is 29.0 Å². The van der Waals surface area contributed by atoms with Gasteiger partial charge in [-0.15, -0.1) is 11.3 Å². The van der Waals surface area contributed by atoms with Gasteiger partial charge in [0.05, 0.1) is 17.4 Å². The molecule has 2 heterocycles. The van der Waals surface area contributed by atoms with Crippen LogP contribution in [0.2, 0.25) is 4.34 Å². The molecule has 2 aromatic heterocycles. The molecule has 7 heteroatoms. The van der Waals surface area contributed by atoms with Gasteiger partial charge in [0.2, 0.25) is 0 Å². The van der Waals surface area contributed by atoms with Crippen molar-refractivity contribution in [1.29, 1.82) is 0 Å². The Hall–Kier alpha value is -1.53. The summed E-state index contributed by atoms with van der Waals surface area (Å²) < 4.78 is 2.55. The maximum atomic E-state index is 12.3. The van der Waals surface area contributed by atoms with E-state index < -0.39 is 0 Å². The third-order valence-corrected chi connectivity index (χ3v) is 4.25. The lowest BCUT2D eigenvalue weighted by molar-refractivity contribution is 0.193. The normalized spacial score (nSPS) is 12.1. The summed E-state index contributed by atoms with van der Waals surface area (Å²) in [7, 11) is 0. The molecular formula is C14H19ClN4OS. The second kappa shape index (κ2) is 7.47. The average molecular weight is 327 g/mol. The van der Waals surface area contributed by atoms with Gasteiger partial charge in [0.15, 0.2) is 0 Å². The van der Waals surface area contributed by atoms with Crippen molar-refractivity contribution in [3.8, 4) is 0 Å². The van der Waals surface area contributed by atoms with E-state index in [9.17, 15) is 4.79 Å². The van der Waals surface area contributed by atoms with Crippen molar-refractivity contribution in [1.82, 2.24) is 20.0 Å². The third-order valence-electron chi connectivity index (χ3n) is 3.03. The first-order valence-electron chi connectivity index (χ1n) is 6.85. The fourth-order valence-electron chi connectivity index (χ4n) is 1.99. The van der Waals surface area contributed by atoms with Crippen molar-refractivity contribution in [2.75, 3.05) is 6.54 Å². The minimum atomic E-state index is -0.0679. The number of nitrogens with zero attached hydrogens (tertiary/aromatic N) is 3. The summed E-state index contributed by atoms with van der Waals surface area (Å²) >= 11 is 7.42. The minimum absolute atomic E-state index is 0.0124. The van der Waals surface area contributed by atoms with Gasteiger partial charge in [-0.1, -0.05) is 11.6 Å². The average Bonchev–Trinajstić information content (AvgIpc) is 3.07. The highest BCUT2D eigenvalue weighted by atomic mass is 35.5. The molecular weight excluding hydrogens is 308 g/mol. The quantitative estimate of drug-likeness (QED) is 0.886. The van der Waals surface area contributed by atoms with E-state index in [0.29, 0.717) is 19.6 Å². The number of hydrogen-bond acceptors (Lipinski definition) is 3. The van der Waals surface area contributed by atoms with Crippen LogP contribution in [0.15, 0.2) is 30.6 Å². The largest absolute Gasteiger partial charge is 0.334 e. The number of carbonyl (C=O) groups excluding carboxylic acids is 1. The molecule has 0 bridgehead atoms. The van der Waals surface area contributed by atoms with E-state index in [-0.39, 0.29) is 12.1 Å². The molecule has 2 aromatic rings. The number of urea groups is 1. The van der Waals surface area contributed by atoms with Gasteiger partial charge in [-0.05, 0) is 32.0 Å². The van der Waals surface area contributed by atoms with Gasteiger partial charge >= 0.3 is 6.03 Å². The first-order chi connectivity index (χ1) is 10.1. The highest BCUT2D eigenvalue weighted by Crippen LogP contribution is 2.22. The topological polar surface area (TPSA) is 50.2 Å². The van der Waals surface area contributed by atoms with Gasteiger partial charge in [-0.25, -0.2) is 4.79 Å². The lowest BCUT2D eigenvalue weighted by Gasteiger charge is -2.23. The molecule has 0 fully saturated rings. The Morgan fingerprint density at radius 2 is 2.38 bits per heavy atom. The molecule has 0 radical (unpaired) electrons. The third kappa shape index (κ3) is 4.75. The van der Waals surface area contributed by atoms with E-state index in [1.807, 2.05) is 38.2 Å². The zero-order chi connectivity index (χ0) is 15.2. The Morgan fingerprint density at radius 1 is 1.57 bits per heavy atom. The maximum absolute atomic E-state index is 12.3. The van der Waals surface area contributed by atoms with Crippen molar-refractivity contribution in [2.24, 2.45) is 0 Å². The smallest absolute Gasteiger partial charge is 0.317 e. The second-order valence-electron chi connectivity index (χ2n) is 4.80. The standard InChI is InChI=1S/C14H19ClN4OS/c1-3-18(10-12-5-6-13(15)21-12)14(20)17-11(2)9-19-8-4-7-16-19/h4-8,11H,3,9-10H2,1-2H3,(H,17,20)/t11-/m0/s1. The van der Waals surface area contributed by atoms with E-state index in [2.05, 4.69) is 10.4 Å². The van der Waals surface area contributed by atoms with Crippen LogP contribution in [0.1, 0.15) is 18.7 Å². The predicted octanol–water partition coefficient (Wildman–Crippen LogP) is 3.22. The van der Waals surface area contributed by atoms with Crippen LogP contribution in [0.25, 0.3) is 0 Å². The van der Waals surface area contributed by atoms with Crippen LogP contribution in [0, 0.1) is 0 Å². The summed E-state index contributed by atoms with van der Waals surface area (Å²) in [5, 5.41) is 7.13. The van der Waals surface area contributed by atoms with Crippen molar-refractivity contribution < 1.29 is 4.79 Å². The van der Waals surface area contributed by atoms with E-state index >= 15 is 0 Å². The van der Waals surface area contributed by atoms with Crippen LogP contribution in [0.5, 0.6) is 0 Å². The number of amides is 2. The molecule has 0 spiro atoms. The molecule has 0 aliphatic rings. The van der Waals surface area contributed by atoms with Crippen molar-refractivity contribution in [3.05, 3.63) is 39.8 Å². The van der Waals surface area contributed by atoms with Gasteiger partial charge in [0.25, 0.3) is 0 Å². The molecule has 5 nitrogen and oxygen atoms in total. The van der Waals surface area contributed by atoms with E-state index in [1.165, 1.54) is 11.3 Å². The monoisotopic (exact) mass is 326 g/mol. The van der Waals surface area contributed by atoms with Crippen molar-refractivity contribution in [2.45, 2.75) is 33.0 Å². The molecule has 2 amide bonds. The van der Waals surface area contributed by atoms with Crippen LogP contribution in [0.3, 0.4) is 0 Å². The van der Waals surface area contributed by atoms with Gasteiger partial charge in [0, 0.05) is 29.9 Å². The number of hydrogen-bond donors (Lipinski definition) is 1. The highest BCUT2D eigenvalue weighted by molar-refractivity contribution is 7.16. The van der Waals surface area contributed by atoms with Crippen LogP contribution in [0.4, 0.5) is 4.79 Å². The lowest BCUT2D eigenvalue weighted by Crippen LogP contribution is -2.44. The molecule has 0 aromatic carbocycles. The Balaban J connectivity index is 1.87. The fourth-order valence-corrected chi connectivity index (χ4v) is 3.09. The van der Waals surface area contributed by atoms with Gasteiger partial charge in [-0.2, -0.15) is 5.10 Å². The fraction of sp³-hybridized carbons (Fsp3) is 0.429. The van der Waals surface area contributed by atoms with Crippen LogP contribution in [-0.4, -0.2) is 33.3 Å². The number of nitrogens with one attached hydrogen (secondary N) is 1. The summed E-state index contributed by atoms with van der Waals surface area (Å²) in [4.78, 5) is 15.1. The van der Waals surface area contributed by atoms with Gasteiger partial charge in [0.1, 0.15) is 0 Å². The van der Waals surface area contributed by atoms with Gasteiger partial charge in [-0.3, -0.25) is 4.68 Å². The molecule has 0 aliphatic heterocycles. The SMILES string of the molecule is CCN(Cc1ccc(Cl)s1)C(=O)N[C@@H](C)Cn1cccn1. The molecule has 0 unspecified atom stereocenters. The Kier molecular flexibility index (Phi) is 5.64. The molecule has 21 heavy (non-hydrogen) atoms. The summed E-state index contributed by atoms with van der Waals surface area (Å²) in [5.41, 5.74) is 0. The number of carbonyl (C=O) groups is 1. The summed E-state index contributed by atoms with van der Waals surface area (Å²) in [6.07, 6.45) is 3.61. The number of aromatic nitrogens is 2. The summed E-state index contributed by atoms with van der Waals surface area (Å²) in [6.45, 7) is 5.81. The minimum Gasteiger partial charge on any atom is -0.334 e. The number of rotatable bonds is 6. The first-order valence-corrected chi connectivity index (χ1v) is 8.05. The zero-order valence-electron chi connectivity index (χ0n) is 12.1. The zero-order valence-corrected chi connectivity index (χ0v) is 13.7. The Morgan fingerprint density at radius 3 is 2.95 bits per heavy atom. The second-order valence-corrected chi connectivity index (χ2v) is 6.60. The molecule has 1 N–H and O–H groups in total. The Labute approximate surface area is 133 Å².